The topological polar surface area (TPSA) is 59.9 Å². The van der Waals surface area contributed by atoms with E-state index >= 15 is 0 Å². The van der Waals surface area contributed by atoms with Gasteiger partial charge in [0.2, 0.25) is 0 Å². The standard InChI is InChI=1S/C17H17N3O/c1-12-9-15(16(11-18)17(21)19-12)13-5-4-6-14(10-13)20-7-2-3-8-20/h4-6,9-10H,2-3,7-8H2,1H3,(H,19,21). The first kappa shape index (κ1) is 13.4. The van der Waals surface area contributed by atoms with Crippen molar-refractivity contribution in [3.63, 3.8) is 0 Å². The zero-order valence-corrected chi connectivity index (χ0v) is 12.0. The SMILES string of the molecule is Cc1cc(-c2cccc(N3CCCC3)c2)c(C#N)c(=O)[nH]1. The Balaban J connectivity index is 2.11. The number of hydrogen-bond acceptors (Lipinski definition) is 3. The maximum absolute atomic E-state index is 11.9. The molecular formula is C17H17N3O. The minimum absolute atomic E-state index is 0.180. The number of anilines is 1. The van der Waals surface area contributed by atoms with Crippen LogP contribution in [0, 0.1) is 18.3 Å². The van der Waals surface area contributed by atoms with Crippen molar-refractivity contribution < 1.29 is 0 Å². The van der Waals surface area contributed by atoms with E-state index in [1.165, 1.54) is 12.8 Å². The molecule has 1 N–H and O–H groups in total. The number of aryl methyl sites for hydroxylation is 1. The summed E-state index contributed by atoms with van der Waals surface area (Å²) in [6.07, 6.45) is 2.44. The third-order valence-electron chi connectivity index (χ3n) is 3.91. The molecule has 1 fully saturated rings. The lowest BCUT2D eigenvalue weighted by Crippen LogP contribution is -2.17. The molecule has 0 unspecified atom stereocenters. The van der Waals surface area contributed by atoms with Crippen LogP contribution in [-0.2, 0) is 0 Å². The van der Waals surface area contributed by atoms with Crippen molar-refractivity contribution in [3.8, 4) is 17.2 Å². The number of nitriles is 1. The van der Waals surface area contributed by atoms with Gasteiger partial charge in [0.25, 0.3) is 5.56 Å². The predicted octanol–water partition coefficient (Wildman–Crippen LogP) is 2.82. The molecule has 0 radical (unpaired) electrons. The van der Waals surface area contributed by atoms with Gasteiger partial charge in [-0.25, -0.2) is 0 Å². The predicted molar refractivity (Wildman–Crippen MR) is 83.4 cm³/mol. The molecule has 0 aliphatic carbocycles. The van der Waals surface area contributed by atoms with Crippen molar-refractivity contribution in [2.24, 2.45) is 0 Å². The third-order valence-corrected chi connectivity index (χ3v) is 3.91. The number of rotatable bonds is 2. The van der Waals surface area contributed by atoms with E-state index in [0.717, 1.165) is 30.0 Å². The van der Waals surface area contributed by atoms with Crippen LogP contribution in [0.5, 0.6) is 0 Å². The monoisotopic (exact) mass is 279 g/mol. The van der Waals surface area contributed by atoms with Gasteiger partial charge in [-0.2, -0.15) is 5.26 Å². The quantitative estimate of drug-likeness (QED) is 0.919. The zero-order valence-electron chi connectivity index (χ0n) is 12.0. The molecule has 3 rings (SSSR count). The van der Waals surface area contributed by atoms with Crippen LogP contribution >= 0.6 is 0 Å². The van der Waals surface area contributed by atoms with Crippen molar-refractivity contribution in [1.29, 1.82) is 5.26 Å². The molecular weight excluding hydrogens is 262 g/mol. The second kappa shape index (κ2) is 5.45. The molecule has 106 valence electrons. The highest BCUT2D eigenvalue weighted by Gasteiger charge is 2.15. The van der Waals surface area contributed by atoms with E-state index in [2.05, 4.69) is 22.0 Å². The molecule has 1 saturated heterocycles. The minimum Gasteiger partial charge on any atom is -0.372 e. The highest BCUT2D eigenvalue weighted by Crippen LogP contribution is 2.28. The number of aromatic amines is 1. The largest absolute Gasteiger partial charge is 0.372 e. The molecule has 21 heavy (non-hydrogen) atoms. The summed E-state index contributed by atoms with van der Waals surface area (Å²) in [7, 11) is 0. The first-order valence-corrected chi connectivity index (χ1v) is 7.18. The maximum Gasteiger partial charge on any atom is 0.266 e. The number of pyridine rings is 1. The molecule has 4 nitrogen and oxygen atoms in total. The summed E-state index contributed by atoms with van der Waals surface area (Å²) in [4.78, 5) is 16.9. The number of benzene rings is 1. The second-order valence-corrected chi connectivity index (χ2v) is 5.43. The first-order valence-electron chi connectivity index (χ1n) is 7.18. The molecule has 0 saturated carbocycles. The summed E-state index contributed by atoms with van der Waals surface area (Å²) >= 11 is 0. The Bertz CT molecular complexity index is 764. The molecule has 2 heterocycles. The molecule has 4 heteroatoms. The highest BCUT2D eigenvalue weighted by molar-refractivity contribution is 5.73. The van der Waals surface area contributed by atoms with Gasteiger partial charge in [-0.1, -0.05) is 12.1 Å². The smallest absolute Gasteiger partial charge is 0.266 e. The van der Waals surface area contributed by atoms with Gasteiger partial charge < -0.3 is 9.88 Å². The fraction of sp³-hybridized carbons (Fsp3) is 0.294. The lowest BCUT2D eigenvalue weighted by atomic mass is 10.0. The Morgan fingerprint density at radius 1 is 1.24 bits per heavy atom. The van der Waals surface area contributed by atoms with E-state index in [9.17, 15) is 10.1 Å². The second-order valence-electron chi connectivity index (χ2n) is 5.43. The van der Waals surface area contributed by atoms with E-state index in [4.69, 9.17) is 0 Å². The average molecular weight is 279 g/mol. The van der Waals surface area contributed by atoms with Gasteiger partial charge in [0.15, 0.2) is 0 Å². The molecule has 1 aliphatic rings. The van der Waals surface area contributed by atoms with Gasteiger partial charge in [-0.05, 0) is 43.5 Å². The van der Waals surface area contributed by atoms with E-state index in [-0.39, 0.29) is 11.1 Å². The normalized spacial score (nSPS) is 14.2. The molecule has 1 aliphatic heterocycles. The van der Waals surface area contributed by atoms with Crippen LogP contribution in [0.1, 0.15) is 24.1 Å². The van der Waals surface area contributed by atoms with Gasteiger partial charge in [-0.3, -0.25) is 4.79 Å². The summed E-state index contributed by atoms with van der Waals surface area (Å²) in [5, 5.41) is 9.25. The maximum atomic E-state index is 11.9. The van der Waals surface area contributed by atoms with Crippen LogP contribution < -0.4 is 10.5 Å². The molecule has 0 amide bonds. The number of nitrogens with zero attached hydrogens (tertiary/aromatic N) is 2. The summed E-state index contributed by atoms with van der Waals surface area (Å²) in [6, 6.07) is 12.0. The van der Waals surface area contributed by atoms with Crippen molar-refractivity contribution in [1.82, 2.24) is 4.98 Å². The Hall–Kier alpha value is -2.54. The lowest BCUT2D eigenvalue weighted by molar-refractivity contribution is 0.949. The average Bonchev–Trinajstić information content (AvgIpc) is 3.01. The van der Waals surface area contributed by atoms with Crippen molar-refractivity contribution >= 4 is 5.69 Å². The molecule has 0 atom stereocenters. The van der Waals surface area contributed by atoms with Gasteiger partial charge in [0, 0.05) is 30.0 Å². The number of hydrogen-bond donors (Lipinski definition) is 1. The summed E-state index contributed by atoms with van der Waals surface area (Å²) in [5.41, 5.74) is 3.41. The fourth-order valence-electron chi connectivity index (χ4n) is 2.87. The van der Waals surface area contributed by atoms with Crippen LogP contribution in [0.3, 0.4) is 0 Å². The lowest BCUT2D eigenvalue weighted by Gasteiger charge is -2.18. The number of H-pyrrole nitrogens is 1. The Labute approximate surface area is 123 Å². The molecule has 0 spiro atoms. The van der Waals surface area contributed by atoms with Crippen molar-refractivity contribution in [3.05, 3.63) is 51.9 Å². The summed E-state index contributed by atoms with van der Waals surface area (Å²) < 4.78 is 0. The van der Waals surface area contributed by atoms with E-state index in [1.54, 1.807) is 0 Å². The number of nitrogens with one attached hydrogen (secondary N) is 1. The van der Waals surface area contributed by atoms with E-state index < -0.39 is 0 Å². The van der Waals surface area contributed by atoms with Crippen LogP contribution in [0.15, 0.2) is 35.1 Å². The molecule has 1 aromatic carbocycles. The minimum atomic E-state index is -0.320. The zero-order chi connectivity index (χ0) is 14.8. The number of aromatic nitrogens is 1. The van der Waals surface area contributed by atoms with Gasteiger partial charge in [-0.15, -0.1) is 0 Å². The third kappa shape index (κ3) is 2.55. The van der Waals surface area contributed by atoms with E-state index in [0.29, 0.717) is 5.56 Å². The van der Waals surface area contributed by atoms with Crippen LogP contribution in [0.2, 0.25) is 0 Å². The van der Waals surface area contributed by atoms with Crippen LogP contribution in [-0.4, -0.2) is 18.1 Å². The van der Waals surface area contributed by atoms with Gasteiger partial charge in [0.1, 0.15) is 11.6 Å². The summed E-state index contributed by atoms with van der Waals surface area (Å²) in [5.74, 6) is 0. The Morgan fingerprint density at radius 3 is 2.71 bits per heavy atom. The van der Waals surface area contributed by atoms with E-state index in [1.807, 2.05) is 31.2 Å². The molecule has 1 aromatic heterocycles. The Morgan fingerprint density at radius 2 is 2.00 bits per heavy atom. The fourth-order valence-corrected chi connectivity index (χ4v) is 2.87. The van der Waals surface area contributed by atoms with Crippen molar-refractivity contribution in [2.75, 3.05) is 18.0 Å². The van der Waals surface area contributed by atoms with Crippen molar-refractivity contribution in [2.45, 2.75) is 19.8 Å². The van der Waals surface area contributed by atoms with Gasteiger partial charge >= 0.3 is 0 Å². The molecule has 2 aromatic rings. The van der Waals surface area contributed by atoms with Gasteiger partial charge in [0.05, 0.1) is 0 Å². The summed E-state index contributed by atoms with van der Waals surface area (Å²) in [6.45, 7) is 3.97. The van der Waals surface area contributed by atoms with Crippen LogP contribution in [0.25, 0.3) is 11.1 Å². The highest BCUT2D eigenvalue weighted by atomic mass is 16.1. The molecule has 0 bridgehead atoms. The Kier molecular flexibility index (Phi) is 3.49. The first-order chi connectivity index (χ1) is 10.2. The van der Waals surface area contributed by atoms with Crippen LogP contribution in [0.4, 0.5) is 5.69 Å².